The van der Waals surface area contributed by atoms with Crippen LogP contribution in [0.5, 0.6) is 5.75 Å². The second-order valence-electron chi connectivity index (χ2n) is 5.09. The quantitative estimate of drug-likeness (QED) is 0.771. The van der Waals surface area contributed by atoms with Crippen LogP contribution in [0, 0.1) is 6.92 Å². The Morgan fingerprint density at radius 3 is 1.67 bits per heavy atom. The summed E-state index contributed by atoms with van der Waals surface area (Å²) in [6.07, 6.45) is 6.52. The second kappa shape index (κ2) is 6.82. The lowest BCUT2D eigenvalue weighted by molar-refractivity contribution is 0.461. The van der Waals surface area contributed by atoms with Gasteiger partial charge in [-0.15, -0.1) is 0 Å². The highest BCUT2D eigenvalue weighted by Crippen LogP contribution is 2.35. The highest BCUT2D eigenvalue weighted by atomic mass is 16.3. The van der Waals surface area contributed by atoms with E-state index in [1.54, 1.807) is 0 Å². The van der Waals surface area contributed by atoms with Crippen LogP contribution in [0.15, 0.2) is 0 Å². The fourth-order valence-electron chi connectivity index (χ4n) is 3.05. The Bertz CT molecular complexity index is 405. The zero-order valence-electron chi connectivity index (χ0n) is 12.7. The molecule has 0 aliphatic heterocycles. The summed E-state index contributed by atoms with van der Waals surface area (Å²) in [7, 11) is 0. The van der Waals surface area contributed by atoms with E-state index in [0.717, 1.165) is 37.7 Å². The first kappa shape index (κ1) is 15.1. The molecule has 102 valence electrons. The van der Waals surface area contributed by atoms with Crippen molar-refractivity contribution in [2.75, 3.05) is 0 Å². The fourth-order valence-corrected chi connectivity index (χ4v) is 3.05. The van der Waals surface area contributed by atoms with Gasteiger partial charge in [0.1, 0.15) is 5.75 Å². The van der Waals surface area contributed by atoms with Crippen LogP contribution in [-0.4, -0.2) is 5.11 Å². The highest BCUT2D eigenvalue weighted by Gasteiger charge is 2.18. The van der Waals surface area contributed by atoms with Crippen molar-refractivity contribution in [2.24, 2.45) is 0 Å². The fraction of sp³-hybridized carbons (Fsp3) is 0.647. The first-order valence-corrected chi connectivity index (χ1v) is 7.47. The lowest BCUT2D eigenvalue weighted by Gasteiger charge is -2.22. The molecular formula is C17H28O. The van der Waals surface area contributed by atoms with E-state index in [1.165, 1.54) is 28.7 Å². The van der Waals surface area contributed by atoms with Gasteiger partial charge in [-0.1, -0.05) is 40.5 Å². The van der Waals surface area contributed by atoms with Crippen LogP contribution in [0.25, 0.3) is 0 Å². The van der Waals surface area contributed by atoms with Crippen LogP contribution in [0.1, 0.15) is 68.4 Å². The largest absolute Gasteiger partial charge is 0.507 e. The van der Waals surface area contributed by atoms with E-state index in [9.17, 15) is 5.11 Å². The van der Waals surface area contributed by atoms with Gasteiger partial charge in [-0.3, -0.25) is 0 Å². The first-order valence-electron chi connectivity index (χ1n) is 7.47. The minimum absolute atomic E-state index is 0.553. The molecule has 0 heterocycles. The summed E-state index contributed by atoms with van der Waals surface area (Å²) in [5.41, 5.74) is 6.64. The number of phenolic OH excluding ortho intramolecular Hbond substituents is 1. The van der Waals surface area contributed by atoms with Crippen LogP contribution in [-0.2, 0) is 25.7 Å². The van der Waals surface area contributed by atoms with Crippen molar-refractivity contribution in [3.05, 3.63) is 27.8 Å². The Hall–Kier alpha value is -0.980. The number of aromatic hydroxyl groups is 1. The van der Waals surface area contributed by atoms with Crippen molar-refractivity contribution < 1.29 is 5.11 Å². The third-order valence-corrected chi connectivity index (χ3v) is 3.89. The number of hydrogen-bond donors (Lipinski definition) is 1. The van der Waals surface area contributed by atoms with Crippen LogP contribution in [0.4, 0.5) is 0 Å². The summed E-state index contributed by atoms with van der Waals surface area (Å²) in [6, 6.07) is 0. The van der Waals surface area contributed by atoms with Gasteiger partial charge in [0.15, 0.2) is 0 Å². The van der Waals surface area contributed by atoms with E-state index in [4.69, 9.17) is 0 Å². The van der Waals surface area contributed by atoms with Gasteiger partial charge < -0.3 is 5.11 Å². The molecule has 0 amide bonds. The molecule has 0 radical (unpaired) electrons. The van der Waals surface area contributed by atoms with Crippen molar-refractivity contribution in [3.8, 4) is 5.75 Å². The molecule has 1 heteroatoms. The minimum atomic E-state index is 0.553. The summed E-state index contributed by atoms with van der Waals surface area (Å²) in [5, 5.41) is 10.4. The SMILES string of the molecule is CCCc1c(C)c(O)c(CC)c(CC)c1CCC. The maximum absolute atomic E-state index is 10.4. The van der Waals surface area contributed by atoms with Crippen molar-refractivity contribution in [1.82, 2.24) is 0 Å². The Morgan fingerprint density at radius 2 is 1.22 bits per heavy atom. The van der Waals surface area contributed by atoms with E-state index in [0.29, 0.717) is 5.75 Å². The third-order valence-electron chi connectivity index (χ3n) is 3.89. The van der Waals surface area contributed by atoms with E-state index in [1.807, 2.05) is 0 Å². The van der Waals surface area contributed by atoms with Crippen molar-refractivity contribution >= 4 is 0 Å². The predicted octanol–water partition coefficient (Wildman–Crippen LogP) is 4.73. The normalized spacial score (nSPS) is 10.9. The van der Waals surface area contributed by atoms with Crippen molar-refractivity contribution in [3.63, 3.8) is 0 Å². The van der Waals surface area contributed by atoms with Gasteiger partial charge in [-0.2, -0.15) is 0 Å². The van der Waals surface area contributed by atoms with E-state index < -0.39 is 0 Å². The predicted molar refractivity (Wildman–Crippen MR) is 79.6 cm³/mol. The van der Waals surface area contributed by atoms with E-state index in [2.05, 4.69) is 34.6 Å². The van der Waals surface area contributed by atoms with Gasteiger partial charge in [0.25, 0.3) is 0 Å². The maximum Gasteiger partial charge on any atom is 0.122 e. The number of benzene rings is 1. The Morgan fingerprint density at radius 1 is 0.722 bits per heavy atom. The highest BCUT2D eigenvalue weighted by molar-refractivity contribution is 5.55. The van der Waals surface area contributed by atoms with Gasteiger partial charge in [0, 0.05) is 0 Å². The zero-order valence-corrected chi connectivity index (χ0v) is 12.7. The standard InChI is InChI=1S/C17H28O/c1-6-10-15-12(5)17(18)14(9-4)13(8-3)16(15)11-7-2/h18H,6-11H2,1-5H3. The first-order chi connectivity index (χ1) is 8.62. The molecule has 0 aliphatic carbocycles. The molecule has 1 aromatic rings. The van der Waals surface area contributed by atoms with Crippen molar-refractivity contribution in [1.29, 1.82) is 0 Å². The average molecular weight is 248 g/mol. The van der Waals surface area contributed by atoms with Crippen LogP contribution in [0.2, 0.25) is 0 Å². The Balaban J connectivity index is 3.53. The summed E-state index contributed by atoms with van der Waals surface area (Å²) >= 11 is 0. The summed E-state index contributed by atoms with van der Waals surface area (Å²) in [4.78, 5) is 0. The molecule has 1 aromatic carbocycles. The molecule has 0 aromatic heterocycles. The van der Waals surface area contributed by atoms with E-state index >= 15 is 0 Å². The summed E-state index contributed by atoms with van der Waals surface area (Å²) in [5.74, 6) is 0.553. The molecule has 0 atom stereocenters. The molecule has 18 heavy (non-hydrogen) atoms. The monoisotopic (exact) mass is 248 g/mol. The maximum atomic E-state index is 10.4. The second-order valence-corrected chi connectivity index (χ2v) is 5.09. The molecule has 0 saturated heterocycles. The van der Waals surface area contributed by atoms with E-state index in [-0.39, 0.29) is 0 Å². The number of phenols is 1. The number of rotatable bonds is 6. The summed E-state index contributed by atoms with van der Waals surface area (Å²) in [6.45, 7) is 10.9. The van der Waals surface area contributed by atoms with Crippen LogP contribution in [0.3, 0.4) is 0 Å². The molecule has 1 nitrogen and oxygen atoms in total. The van der Waals surface area contributed by atoms with Gasteiger partial charge in [0.2, 0.25) is 0 Å². The molecular weight excluding hydrogens is 220 g/mol. The molecule has 0 saturated carbocycles. The molecule has 0 aliphatic rings. The van der Waals surface area contributed by atoms with Crippen LogP contribution >= 0.6 is 0 Å². The molecule has 1 rings (SSSR count). The molecule has 0 unspecified atom stereocenters. The molecule has 0 fully saturated rings. The molecule has 0 spiro atoms. The van der Waals surface area contributed by atoms with Gasteiger partial charge in [-0.05, 0) is 60.4 Å². The molecule has 0 bridgehead atoms. The Kier molecular flexibility index (Phi) is 5.71. The molecule has 1 N–H and O–H groups in total. The van der Waals surface area contributed by atoms with Gasteiger partial charge >= 0.3 is 0 Å². The topological polar surface area (TPSA) is 20.2 Å². The van der Waals surface area contributed by atoms with Gasteiger partial charge in [0.05, 0.1) is 0 Å². The minimum Gasteiger partial charge on any atom is -0.507 e. The van der Waals surface area contributed by atoms with Crippen molar-refractivity contribution in [2.45, 2.75) is 73.1 Å². The number of hydrogen-bond acceptors (Lipinski definition) is 1. The average Bonchev–Trinajstić information content (AvgIpc) is 2.37. The van der Waals surface area contributed by atoms with Crippen LogP contribution < -0.4 is 0 Å². The summed E-state index contributed by atoms with van der Waals surface area (Å²) < 4.78 is 0. The lowest BCUT2D eigenvalue weighted by atomic mass is 9.85. The third kappa shape index (κ3) is 2.71. The smallest absolute Gasteiger partial charge is 0.122 e. The zero-order chi connectivity index (χ0) is 13.7. The van der Waals surface area contributed by atoms with Gasteiger partial charge in [-0.25, -0.2) is 0 Å². The lowest BCUT2D eigenvalue weighted by Crippen LogP contribution is -2.07. The Labute approximate surface area is 112 Å².